The first-order valence-corrected chi connectivity index (χ1v) is 46.4. The van der Waals surface area contributed by atoms with E-state index in [0.29, 0.717) is 64.2 Å². The van der Waals surface area contributed by atoms with Crippen LogP contribution in [0, 0.1) is 11.8 Å². The Morgan fingerprint density at radius 3 is 1.73 bits per heavy atom. The molecular weight excluding hydrogens is 1760 g/mol. The Morgan fingerprint density at radius 1 is 0.545 bits per heavy atom. The van der Waals surface area contributed by atoms with E-state index in [2.05, 4.69) is 58.2 Å². The molecule has 0 aliphatic carbocycles. The molecule has 134 heavy (non-hydrogen) atoms. The number of phenols is 1. The molecular formula is C91H130N20O22S. The van der Waals surface area contributed by atoms with Crippen LogP contribution in [0.25, 0.3) is 21.8 Å². The fraction of sp³-hybridized carbons (Fsp3) is 0.560. The third-order valence-electron chi connectivity index (χ3n) is 24.0. The first-order valence-electron chi connectivity index (χ1n) is 45.3. The minimum Gasteiger partial charge on any atom is -0.508 e. The second kappa shape index (κ2) is 50.4. The minimum absolute atomic E-state index is 0.00128. The zero-order chi connectivity index (χ0) is 98.6. The number of hydrogen-bond donors (Lipinski definition) is 18. The first kappa shape index (κ1) is 107. The van der Waals surface area contributed by atoms with Crippen molar-refractivity contribution < 1.29 is 107 Å². The lowest BCUT2D eigenvalue weighted by Crippen LogP contribution is -2.62. The lowest BCUT2D eigenvalue weighted by atomic mass is 9.99. The number of unbranched alkanes of at least 4 members (excludes halogenated alkanes) is 2. The van der Waals surface area contributed by atoms with E-state index in [4.69, 9.17) is 17.2 Å². The van der Waals surface area contributed by atoms with Crippen LogP contribution in [0.5, 0.6) is 5.75 Å². The molecule has 3 aliphatic rings. The van der Waals surface area contributed by atoms with Gasteiger partial charge in [-0.25, -0.2) is 0 Å². The van der Waals surface area contributed by atoms with Gasteiger partial charge in [-0.3, -0.25) is 86.3 Å². The van der Waals surface area contributed by atoms with E-state index in [1.54, 1.807) is 82.4 Å². The average molecular weight is 1890 g/mol. The maximum absolute atomic E-state index is 16.0. The van der Waals surface area contributed by atoms with Crippen molar-refractivity contribution in [3.05, 3.63) is 102 Å². The summed E-state index contributed by atoms with van der Waals surface area (Å²) in [6, 6.07) is -2.51. The van der Waals surface area contributed by atoms with E-state index >= 15 is 33.6 Å². The number of aliphatic hydroxyl groups is 1. The predicted octanol–water partition coefficient (Wildman–Crippen LogP) is -1.64. The quantitative estimate of drug-likeness (QED) is 0.0295. The van der Waals surface area contributed by atoms with Crippen LogP contribution in [0.1, 0.15) is 149 Å². The average Bonchev–Trinajstić information content (AvgIpc) is 1.64. The Bertz CT molecular complexity index is 5050. The number of carboxylic acid groups (broad SMARTS) is 2. The van der Waals surface area contributed by atoms with E-state index in [1.165, 1.54) is 63.1 Å². The van der Waals surface area contributed by atoms with Gasteiger partial charge < -0.3 is 125 Å². The summed E-state index contributed by atoms with van der Waals surface area (Å²) in [5.41, 5.74) is 20.2. The van der Waals surface area contributed by atoms with Crippen LogP contribution in [0.15, 0.2) is 85.2 Å². The summed E-state index contributed by atoms with van der Waals surface area (Å²) < 4.78 is 1.44. The molecule has 732 valence electrons. The number of aromatic nitrogens is 2. The van der Waals surface area contributed by atoms with Crippen molar-refractivity contribution in [2.45, 2.75) is 248 Å². The van der Waals surface area contributed by atoms with Gasteiger partial charge in [-0.2, -0.15) is 0 Å². The number of hydrogen-bond acceptors (Lipinski definition) is 23. The lowest BCUT2D eigenvalue weighted by Gasteiger charge is -2.36. The summed E-state index contributed by atoms with van der Waals surface area (Å²) in [5, 5.41) is 69.4. The second-order valence-corrected chi connectivity index (χ2v) is 36.3. The first-order chi connectivity index (χ1) is 63.6. The number of thioether (sulfide) groups is 1. The molecule has 43 heteroatoms. The molecule has 5 aromatic rings. The van der Waals surface area contributed by atoms with Crippen molar-refractivity contribution in [2.24, 2.45) is 29.0 Å². The molecule has 15 atom stereocenters. The Labute approximate surface area is 780 Å². The largest absolute Gasteiger partial charge is 0.508 e. The SMILES string of the molecule is CCCC[C@H]1C(=O)N(C)[C@@H](CCCC)C(=O)N[C@@H](CC(C)C)C(=O)N[C@H](C(=O)NCC(N)=O)CSCC(=O)N[C@@H](Cc2ccc(O)cc2)C(=O)N(C)[C@@H](C)C(=O)N[C@H](CC(=O)O)C(=O)N2CCC[C@H]2C(=O)N[C@@H](CN)C(=O)N[C@@H](CC(C)C)C(=O)N2C[C@H](O)C[C@H]2C(=O)N[C@@H](Cc2c[nH]c3ccccc23)C(=O)N[C@@H](CCN)C(=O)N[C@@H](Cc2cn(CC(=O)O)c3ccccc23)C(=O)N1C. The number of carbonyl (C=O) groups excluding carboxylic acids is 16. The van der Waals surface area contributed by atoms with E-state index in [0.717, 1.165) is 36.3 Å². The highest BCUT2D eigenvalue weighted by atomic mass is 32.2. The van der Waals surface area contributed by atoms with Crippen molar-refractivity contribution in [1.29, 1.82) is 0 Å². The van der Waals surface area contributed by atoms with Gasteiger partial charge >= 0.3 is 11.9 Å². The molecule has 0 radical (unpaired) electrons. The molecule has 5 heterocycles. The molecule has 21 N–H and O–H groups in total. The van der Waals surface area contributed by atoms with E-state index in [9.17, 15) is 73.2 Å². The summed E-state index contributed by atoms with van der Waals surface area (Å²) in [6.45, 7) is 9.12. The van der Waals surface area contributed by atoms with Gasteiger partial charge in [0.1, 0.15) is 96.9 Å². The number of nitrogens with one attached hydrogen (secondary N) is 11. The number of amides is 16. The third kappa shape index (κ3) is 29.4. The number of aliphatic carboxylic acids is 2. The lowest BCUT2D eigenvalue weighted by molar-refractivity contribution is -0.149. The van der Waals surface area contributed by atoms with Gasteiger partial charge in [-0.05, 0) is 111 Å². The molecule has 0 unspecified atom stereocenters. The molecule has 16 amide bonds. The number of benzene rings is 3. The van der Waals surface area contributed by atoms with Gasteiger partial charge in [0, 0.05) is 106 Å². The molecule has 3 aromatic carbocycles. The van der Waals surface area contributed by atoms with Crippen LogP contribution in [-0.4, -0.2) is 317 Å². The van der Waals surface area contributed by atoms with E-state index in [-0.39, 0.29) is 94.9 Å². The highest BCUT2D eigenvalue weighted by Crippen LogP contribution is 2.29. The maximum atomic E-state index is 16.0. The van der Waals surface area contributed by atoms with Gasteiger partial charge in [-0.15, -0.1) is 11.8 Å². The number of nitrogens with two attached hydrogens (primary N) is 3. The number of fused-ring (bicyclic) bond motifs is 4. The number of carboxylic acids is 2. The summed E-state index contributed by atoms with van der Waals surface area (Å²) in [5.74, 6) is -19.6. The number of nitrogens with zero attached hydrogens (tertiary/aromatic N) is 6. The van der Waals surface area contributed by atoms with Crippen molar-refractivity contribution in [3.63, 3.8) is 0 Å². The smallest absolute Gasteiger partial charge is 0.323 e. The number of para-hydroxylation sites is 2. The monoisotopic (exact) mass is 1890 g/mol. The summed E-state index contributed by atoms with van der Waals surface area (Å²) >= 11 is 0.775. The van der Waals surface area contributed by atoms with Gasteiger partial charge in [-0.1, -0.05) is 116 Å². The van der Waals surface area contributed by atoms with Gasteiger partial charge in [0.25, 0.3) is 0 Å². The number of H-pyrrole nitrogens is 1. The zero-order valence-electron chi connectivity index (χ0n) is 77.3. The highest BCUT2D eigenvalue weighted by molar-refractivity contribution is 8.00. The number of phenolic OH excluding ortho intramolecular Hbond substituents is 1. The van der Waals surface area contributed by atoms with Crippen molar-refractivity contribution in [3.8, 4) is 5.75 Å². The van der Waals surface area contributed by atoms with Crippen LogP contribution < -0.4 is 70.4 Å². The number of primary amides is 1. The fourth-order valence-corrected chi connectivity index (χ4v) is 17.6. The van der Waals surface area contributed by atoms with Crippen molar-refractivity contribution in [2.75, 3.05) is 65.4 Å². The number of carbonyl (C=O) groups is 18. The molecule has 0 saturated carbocycles. The van der Waals surface area contributed by atoms with Gasteiger partial charge in [0.05, 0.1) is 24.8 Å². The van der Waals surface area contributed by atoms with Gasteiger partial charge in [0.15, 0.2) is 0 Å². The zero-order valence-corrected chi connectivity index (χ0v) is 78.1. The molecule has 42 nitrogen and oxygen atoms in total. The topological polar surface area (TPSA) is 623 Å². The molecule has 3 fully saturated rings. The van der Waals surface area contributed by atoms with Crippen LogP contribution in [-0.2, 0) is 112 Å². The number of aromatic amines is 1. The van der Waals surface area contributed by atoms with Crippen LogP contribution in [0.3, 0.4) is 0 Å². The number of rotatable bonds is 26. The Morgan fingerprint density at radius 2 is 1.09 bits per heavy atom. The standard InChI is InChI=1S/C91H130N20O22S/c1-11-13-23-70-84(126)99-61(34-49(3)4)81(123)105-68(79(121)96-43-74(94)114)47-134-48-75(115)97-64(36-52-27-29-55(112)30-28-52)87(129)106(8)51(7)78(120)101-66(40-76(116)117)89(131)110-33-19-26-71(110)85(127)104-67(41-93)83(125)102-63(35-50(5)6)90(132)111-45-56(113)39-73(111)86(128)100-62(37-53-42-95-59-22-17-15-20-57(53)59)82(124)98-60(31-32-92)80(122)103-65(88(130)108(10)72(24-14-12-2)91(133)107(70)9)38-54-44-109(46-77(118)119)69-25-18-16-21-58(54)69/h15-18,20-22,25,27-30,42,44,49-51,56,60-68,70-73,95,112-113H,11-14,19,23-24,26,31-41,43,45-48,92-93H2,1-10H3,(H2,94,114)(H,96,121)(H,97,115)(H,98,124)(H,99,126)(H,100,128)(H,101,120)(H,102,125)(H,103,122)(H,104,127)(H,105,123)(H,116,117)(H,118,119)/t51-,56+,60-,61-,62-,63-,64-,65-,66+,67-,68-,70-,71-,72-,73-/m0/s1. The summed E-state index contributed by atoms with van der Waals surface area (Å²) in [7, 11) is 3.88. The molecule has 8 rings (SSSR count). The molecule has 0 spiro atoms. The fourth-order valence-electron chi connectivity index (χ4n) is 16.8. The Kier molecular flexibility index (Phi) is 40.1. The minimum atomic E-state index is -1.89. The highest BCUT2D eigenvalue weighted by Gasteiger charge is 2.47. The van der Waals surface area contributed by atoms with Crippen LogP contribution >= 0.6 is 11.8 Å². The normalized spacial score (nSPS) is 24.9. The van der Waals surface area contributed by atoms with Crippen molar-refractivity contribution in [1.82, 2.24) is 87.2 Å². The summed E-state index contributed by atoms with van der Waals surface area (Å²) in [6.07, 6.45) is 0.593. The third-order valence-corrected chi connectivity index (χ3v) is 25.1. The van der Waals surface area contributed by atoms with Crippen LogP contribution in [0.4, 0.5) is 0 Å². The number of aromatic hydroxyl groups is 1. The molecule has 3 saturated heterocycles. The summed E-state index contributed by atoms with van der Waals surface area (Å²) in [4.78, 5) is 270. The van der Waals surface area contributed by atoms with Gasteiger partial charge in [0.2, 0.25) is 94.5 Å². The molecule has 0 bridgehead atoms. The molecule has 3 aliphatic heterocycles. The van der Waals surface area contributed by atoms with Crippen LogP contribution in [0.2, 0.25) is 0 Å². The second-order valence-electron chi connectivity index (χ2n) is 35.2. The van der Waals surface area contributed by atoms with Crippen molar-refractivity contribution >= 4 is 140 Å². The molecule has 2 aromatic heterocycles. The maximum Gasteiger partial charge on any atom is 0.323 e. The van der Waals surface area contributed by atoms with E-state index < -0.39 is 248 Å². The van der Waals surface area contributed by atoms with E-state index in [1.807, 2.05) is 13.8 Å². The number of likely N-dealkylation sites (N-methyl/N-ethyl adjacent to an activating group) is 3. The number of aliphatic hydroxyl groups excluding tert-OH is 1. The predicted molar refractivity (Wildman–Crippen MR) is 493 cm³/mol. The Hall–Kier alpha value is -12.8. The Balaban J connectivity index is 1.21.